The van der Waals surface area contributed by atoms with Gasteiger partial charge in [-0.15, -0.1) is 0 Å². The van der Waals surface area contributed by atoms with E-state index in [0.717, 1.165) is 13.8 Å². The van der Waals surface area contributed by atoms with Crippen LogP contribution in [0.3, 0.4) is 0 Å². The summed E-state index contributed by atoms with van der Waals surface area (Å²) in [6.07, 6.45) is 0. The molecule has 0 aliphatic carbocycles. The number of ether oxygens (including phenoxy) is 1. The molecule has 8 heteroatoms. The third-order valence-corrected chi connectivity index (χ3v) is 0.348. The van der Waals surface area contributed by atoms with Crippen molar-refractivity contribution in [2.24, 2.45) is 0 Å². The molecule has 16 heavy (non-hydrogen) atoms. The third-order valence-electron chi connectivity index (χ3n) is 0.348. The maximum Gasteiger partial charge on any atom is 1.00 e. The number of hydrogen-bond acceptors (Lipinski definition) is 4. The van der Waals surface area contributed by atoms with Gasteiger partial charge in [-0.2, -0.15) is 0 Å². The van der Waals surface area contributed by atoms with Crippen LogP contribution < -0.4 is 29.6 Å². The zero-order valence-electron chi connectivity index (χ0n) is 9.73. The first-order valence-electron chi connectivity index (χ1n) is 3.76. The van der Waals surface area contributed by atoms with Gasteiger partial charge in [0, 0.05) is 20.8 Å². The Balaban J connectivity index is -0.0000000367. The normalized spacial score (nSPS) is 6.00. The Hall–Kier alpha value is -0.525. The molecule has 0 amide bonds. The molecule has 0 aliphatic heterocycles. The van der Waals surface area contributed by atoms with Crippen molar-refractivity contribution in [2.75, 3.05) is 6.61 Å². The van der Waals surface area contributed by atoms with Crippen LogP contribution in [0.1, 0.15) is 27.7 Å². The largest absolute Gasteiger partial charge is 1.00 e. The second-order valence-corrected chi connectivity index (χ2v) is 1.96. The zero-order chi connectivity index (χ0) is 12.1. The summed E-state index contributed by atoms with van der Waals surface area (Å²) in [5.74, 6) is -1.88. The van der Waals surface area contributed by atoms with Gasteiger partial charge >= 0.3 is 35.5 Å². The van der Waals surface area contributed by atoms with E-state index in [9.17, 15) is 4.79 Å². The van der Waals surface area contributed by atoms with E-state index in [1.54, 1.807) is 6.92 Å². The van der Waals surface area contributed by atoms with Crippen molar-refractivity contribution in [3.8, 4) is 0 Å². The summed E-state index contributed by atoms with van der Waals surface area (Å²) in [4.78, 5) is 27.8. The van der Waals surface area contributed by atoms with Crippen molar-refractivity contribution in [3.05, 3.63) is 0 Å². The topological polar surface area (TPSA) is 101 Å². The summed E-state index contributed by atoms with van der Waals surface area (Å²) in [7, 11) is 0. The van der Waals surface area contributed by atoms with E-state index < -0.39 is 11.9 Å². The smallest absolute Gasteiger partial charge is 0.481 e. The molecule has 0 radical (unpaired) electrons. The molecular formula is C8H20BNaO6. The standard InChI is InChI=1S/C4H8O2.2C2H4O2.BH4.Na/c1-3-6-4(2)5;2*1-2(3)4;;/h3H2,1-2H3;2*1H3,(H,3,4);1H4;/q;;;-1;+1. The van der Waals surface area contributed by atoms with Crippen molar-refractivity contribution in [3.63, 3.8) is 0 Å². The van der Waals surface area contributed by atoms with Crippen molar-refractivity contribution in [2.45, 2.75) is 27.7 Å². The van der Waals surface area contributed by atoms with E-state index >= 15 is 0 Å². The number of carboxylic acids is 2. The number of rotatable bonds is 1. The molecule has 0 fully saturated rings. The Morgan fingerprint density at radius 3 is 1.19 bits per heavy atom. The molecule has 0 unspecified atom stereocenters. The average Bonchev–Trinajstić information content (AvgIpc) is 1.82. The van der Waals surface area contributed by atoms with E-state index in [1.165, 1.54) is 6.92 Å². The predicted molar refractivity (Wildman–Crippen MR) is 60.3 cm³/mol. The van der Waals surface area contributed by atoms with E-state index in [4.69, 9.17) is 19.8 Å². The van der Waals surface area contributed by atoms with Crippen LogP contribution in [0, 0.1) is 0 Å². The first kappa shape index (κ1) is 29.6. The van der Waals surface area contributed by atoms with Crippen LogP contribution in [0.4, 0.5) is 0 Å². The fourth-order valence-electron chi connectivity index (χ4n) is 0.203. The maximum absolute atomic E-state index is 9.82. The summed E-state index contributed by atoms with van der Waals surface area (Å²) in [6, 6.07) is 0. The first-order valence-corrected chi connectivity index (χ1v) is 3.76. The van der Waals surface area contributed by atoms with Crippen molar-refractivity contribution in [1.82, 2.24) is 0 Å². The summed E-state index contributed by atoms with van der Waals surface area (Å²) in [5.41, 5.74) is 0. The van der Waals surface area contributed by atoms with E-state index in [-0.39, 0.29) is 43.9 Å². The van der Waals surface area contributed by atoms with E-state index in [1.807, 2.05) is 0 Å². The molecule has 92 valence electrons. The molecule has 2 N–H and O–H groups in total. The number of carbonyl (C=O) groups excluding carboxylic acids is 1. The summed E-state index contributed by atoms with van der Waals surface area (Å²) < 4.78 is 4.40. The number of hydrogen-bond donors (Lipinski definition) is 2. The summed E-state index contributed by atoms with van der Waals surface area (Å²) in [5, 5.41) is 14.8. The van der Waals surface area contributed by atoms with Crippen molar-refractivity contribution >= 4 is 26.3 Å². The molecule has 0 spiro atoms. The monoisotopic (exact) mass is 246 g/mol. The average molecular weight is 246 g/mol. The minimum absolute atomic E-state index is 0. The van der Waals surface area contributed by atoms with Gasteiger partial charge in [-0.05, 0) is 6.92 Å². The second-order valence-electron chi connectivity index (χ2n) is 1.96. The molecule has 0 rings (SSSR count). The molecule has 0 bridgehead atoms. The molecule has 0 aromatic heterocycles. The van der Waals surface area contributed by atoms with E-state index in [2.05, 4.69) is 4.74 Å². The predicted octanol–water partition coefficient (Wildman–Crippen LogP) is -3.70. The molecule has 6 nitrogen and oxygen atoms in total. The third kappa shape index (κ3) is 342. The Bertz CT molecular complexity index is 165. The minimum atomic E-state index is -0.833. The Labute approximate surface area is 119 Å². The van der Waals surface area contributed by atoms with Crippen LogP contribution in [-0.4, -0.2) is 43.1 Å². The van der Waals surface area contributed by atoms with Crippen molar-refractivity contribution < 1.29 is 58.9 Å². The van der Waals surface area contributed by atoms with Crippen LogP contribution in [0.15, 0.2) is 0 Å². The van der Waals surface area contributed by atoms with E-state index in [0.29, 0.717) is 6.61 Å². The van der Waals surface area contributed by atoms with Crippen molar-refractivity contribution in [1.29, 1.82) is 0 Å². The SMILES string of the molecule is CC(=O)O.CC(=O)O.CCOC(C)=O.[BH4-].[Na+]. The fraction of sp³-hybridized carbons (Fsp3) is 0.625. The number of carbonyl (C=O) groups is 3. The second kappa shape index (κ2) is 24.0. The van der Waals surface area contributed by atoms with Crippen LogP contribution in [0.25, 0.3) is 0 Å². The summed E-state index contributed by atoms with van der Waals surface area (Å²) >= 11 is 0. The van der Waals surface area contributed by atoms with Crippen LogP contribution >= 0.6 is 0 Å². The number of esters is 1. The Morgan fingerprint density at radius 2 is 1.19 bits per heavy atom. The molecular weight excluding hydrogens is 226 g/mol. The fourth-order valence-corrected chi connectivity index (χ4v) is 0.203. The number of carboxylic acid groups (broad SMARTS) is 2. The number of aliphatic carboxylic acids is 2. The molecule has 0 saturated heterocycles. The van der Waals surface area contributed by atoms with Crippen LogP contribution in [0.5, 0.6) is 0 Å². The van der Waals surface area contributed by atoms with Gasteiger partial charge in [0.25, 0.3) is 11.9 Å². The zero-order valence-corrected chi connectivity index (χ0v) is 11.7. The molecule has 0 aromatic carbocycles. The Kier molecular flexibility index (Phi) is 44.2. The quantitative estimate of drug-likeness (QED) is 0.365. The molecule has 0 atom stereocenters. The molecule has 0 saturated carbocycles. The van der Waals surface area contributed by atoms with Gasteiger partial charge in [0.15, 0.2) is 0 Å². The van der Waals surface area contributed by atoms with Gasteiger partial charge in [0.05, 0.1) is 6.61 Å². The van der Waals surface area contributed by atoms with Gasteiger partial charge in [-0.1, -0.05) is 8.41 Å². The van der Waals surface area contributed by atoms with Crippen LogP contribution in [0.2, 0.25) is 0 Å². The summed E-state index contributed by atoms with van der Waals surface area (Å²) in [6.45, 7) is 5.82. The maximum atomic E-state index is 9.82. The van der Waals surface area contributed by atoms with Crippen LogP contribution in [-0.2, 0) is 19.1 Å². The molecule has 0 aromatic rings. The van der Waals surface area contributed by atoms with Gasteiger partial charge in [-0.3, -0.25) is 14.4 Å². The molecule has 0 heterocycles. The molecule has 0 aliphatic rings. The van der Waals surface area contributed by atoms with Gasteiger partial charge < -0.3 is 14.9 Å². The minimum Gasteiger partial charge on any atom is -0.481 e. The van der Waals surface area contributed by atoms with Gasteiger partial charge in [-0.25, -0.2) is 0 Å². The first-order chi connectivity index (χ1) is 6.23. The van der Waals surface area contributed by atoms with Gasteiger partial charge in [0.1, 0.15) is 0 Å². The van der Waals surface area contributed by atoms with Gasteiger partial charge in [0.2, 0.25) is 0 Å². The Morgan fingerprint density at radius 1 is 1.00 bits per heavy atom.